The molecule has 0 saturated carbocycles. The second-order valence-corrected chi connectivity index (χ2v) is 4.43. The minimum Gasteiger partial charge on any atom is -0.476 e. The third kappa shape index (κ3) is 2.64. The molecule has 0 spiro atoms. The van der Waals surface area contributed by atoms with Crippen LogP contribution >= 0.6 is 0 Å². The van der Waals surface area contributed by atoms with Gasteiger partial charge in [-0.15, -0.1) is 0 Å². The average molecular weight is 281 g/mol. The number of para-hydroxylation sites is 1. The van der Waals surface area contributed by atoms with Crippen molar-refractivity contribution in [2.75, 3.05) is 0 Å². The molecule has 6 heteroatoms. The number of carboxylic acids is 1. The zero-order chi connectivity index (χ0) is 14.8. The number of pyridine rings is 1. The van der Waals surface area contributed by atoms with Crippen LogP contribution in [0.2, 0.25) is 0 Å². The first-order chi connectivity index (χ1) is 10.1. The molecule has 0 atom stereocenters. The van der Waals surface area contributed by atoms with Crippen molar-refractivity contribution in [1.82, 2.24) is 15.0 Å². The summed E-state index contributed by atoms with van der Waals surface area (Å²) in [6.07, 6.45) is 2.53. The van der Waals surface area contributed by atoms with Gasteiger partial charge in [-0.05, 0) is 19.1 Å². The highest BCUT2D eigenvalue weighted by Crippen LogP contribution is 2.27. The summed E-state index contributed by atoms with van der Waals surface area (Å²) in [7, 11) is 0. The fourth-order valence-electron chi connectivity index (χ4n) is 1.91. The van der Waals surface area contributed by atoms with Crippen LogP contribution in [0.1, 0.15) is 16.2 Å². The molecule has 0 saturated heterocycles. The summed E-state index contributed by atoms with van der Waals surface area (Å²) in [6.45, 7) is 1.89. The van der Waals surface area contributed by atoms with Gasteiger partial charge in [0.2, 0.25) is 5.88 Å². The first-order valence-corrected chi connectivity index (χ1v) is 6.23. The molecule has 0 aliphatic carbocycles. The fourth-order valence-corrected chi connectivity index (χ4v) is 1.91. The van der Waals surface area contributed by atoms with Crippen molar-refractivity contribution in [2.24, 2.45) is 0 Å². The minimum atomic E-state index is -1.15. The Morgan fingerprint density at radius 3 is 2.81 bits per heavy atom. The van der Waals surface area contributed by atoms with E-state index in [1.165, 1.54) is 12.4 Å². The molecule has 1 N–H and O–H groups in total. The third-order valence-corrected chi connectivity index (χ3v) is 2.87. The van der Waals surface area contributed by atoms with Gasteiger partial charge in [0.1, 0.15) is 5.52 Å². The highest BCUT2D eigenvalue weighted by Gasteiger charge is 2.10. The molecule has 2 aromatic heterocycles. The topological polar surface area (TPSA) is 85.2 Å². The van der Waals surface area contributed by atoms with E-state index in [-0.39, 0.29) is 11.6 Å². The van der Waals surface area contributed by atoms with E-state index in [0.29, 0.717) is 11.3 Å². The van der Waals surface area contributed by atoms with Crippen molar-refractivity contribution >= 4 is 16.9 Å². The van der Waals surface area contributed by atoms with Crippen molar-refractivity contribution in [3.63, 3.8) is 0 Å². The lowest BCUT2D eigenvalue weighted by atomic mass is 10.2. The van der Waals surface area contributed by atoms with Crippen molar-refractivity contribution in [2.45, 2.75) is 6.92 Å². The van der Waals surface area contributed by atoms with Crippen LogP contribution in [0.3, 0.4) is 0 Å². The zero-order valence-corrected chi connectivity index (χ0v) is 11.1. The van der Waals surface area contributed by atoms with Crippen LogP contribution in [0.25, 0.3) is 10.9 Å². The van der Waals surface area contributed by atoms with Gasteiger partial charge < -0.3 is 9.84 Å². The number of hydrogen-bond donors (Lipinski definition) is 1. The number of carboxylic acid groups (broad SMARTS) is 1. The SMILES string of the molecule is Cc1ccc2cccc(Oc3cncc(C(=O)O)n3)c2n1. The van der Waals surface area contributed by atoms with Gasteiger partial charge in [0.25, 0.3) is 0 Å². The van der Waals surface area contributed by atoms with Crippen molar-refractivity contribution < 1.29 is 14.6 Å². The minimum absolute atomic E-state index is 0.116. The third-order valence-electron chi connectivity index (χ3n) is 2.87. The van der Waals surface area contributed by atoms with E-state index >= 15 is 0 Å². The number of ether oxygens (including phenoxy) is 1. The quantitative estimate of drug-likeness (QED) is 0.794. The fraction of sp³-hybridized carbons (Fsp3) is 0.0667. The predicted octanol–water partition coefficient (Wildman–Crippen LogP) is 2.82. The lowest BCUT2D eigenvalue weighted by Crippen LogP contribution is -2.02. The highest BCUT2D eigenvalue weighted by atomic mass is 16.5. The Labute approximate surface area is 120 Å². The van der Waals surface area contributed by atoms with E-state index in [2.05, 4.69) is 15.0 Å². The zero-order valence-electron chi connectivity index (χ0n) is 11.1. The van der Waals surface area contributed by atoms with Crippen molar-refractivity contribution in [1.29, 1.82) is 0 Å². The summed E-state index contributed by atoms with van der Waals surface area (Å²) in [4.78, 5) is 23.0. The summed E-state index contributed by atoms with van der Waals surface area (Å²) < 4.78 is 5.64. The predicted molar refractivity (Wildman–Crippen MR) is 75.5 cm³/mol. The number of aromatic carboxylic acids is 1. The first kappa shape index (κ1) is 13.0. The van der Waals surface area contributed by atoms with E-state index in [4.69, 9.17) is 9.84 Å². The first-order valence-electron chi connectivity index (χ1n) is 6.23. The number of benzene rings is 1. The molecule has 0 amide bonds. The van der Waals surface area contributed by atoms with Gasteiger partial charge >= 0.3 is 5.97 Å². The smallest absolute Gasteiger partial charge is 0.356 e. The van der Waals surface area contributed by atoms with Crippen LogP contribution < -0.4 is 4.74 Å². The molecular weight excluding hydrogens is 270 g/mol. The maximum Gasteiger partial charge on any atom is 0.356 e. The van der Waals surface area contributed by atoms with Crippen LogP contribution in [0, 0.1) is 6.92 Å². The molecule has 0 bridgehead atoms. The van der Waals surface area contributed by atoms with Gasteiger partial charge in [0.15, 0.2) is 11.4 Å². The van der Waals surface area contributed by atoms with Crippen molar-refractivity contribution in [3.05, 3.63) is 54.1 Å². The maximum atomic E-state index is 10.9. The molecule has 104 valence electrons. The molecule has 1 aromatic carbocycles. The van der Waals surface area contributed by atoms with Gasteiger partial charge in [-0.2, -0.15) is 0 Å². The number of aromatic nitrogens is 3. The molecule has 0 aliphatic heterocycles. The number of nitrogens with zero attached hydrogens (tertiary/aromatic N) is 3. The molecule has 6 nitrogen and oxygen atoms in total. The summed E-state index contributed by atoms with van der Waals surface area (Å²) in [5.41, 5.74) is 1.39. The van der Waals surface area contributed by atoms with Gasteiger partial charge in [-0.1, -0.05) is 18.2 Å². The number of aryl methyl sites for hydroxylation is 1. The summed E-state index contributed by atoms with van der Waals surface area (Å²) in [5, 5.41) is 9.84. The van der Waals surface area contributed by atoms with E-state index in [9.17, 15) is 4.79 Å². The van der Waals surface area contributed by atoms with Crippen LogP contribution in [0.4, 0.5) is 0 Å². The van der Waals surface area contributed by atoms with Crippen molar-refractivity contribution in [3.8, 4) is 11.6 Å². The van der Waals surface area contributed by atoms with E-state index in [1.54, 1.807) is 6.07 Å². The number of hydrogen-bond acceptors (Lipinski definition) is 5. The molecule has 2 heterocycles. The molecule has 0 radical (unpaired) electrons. The normalized spacial score (nSPS) is 10.5. The standard InChI is InChI=1S/C15H11N3O3/c1-9-5-6-10-3-2-4-12(14(10)17-9)21-13-8-16-7-11(18-13)15(19)20/h2-8H,1H3,(H,19,20). The Bertz CT molecular complexity index is 833. The lowest BCUT2D eigenvalue weighted by Gasteiger charge is -2.08. The molecule has 3 rings (SSSR count). The second-order valence-electron chi connectivity index (χ2n) is 4.43. The average Bonchev–Trinajstić information content (AvgIpc) is 2.48. The summed E-state index contributed by atoms with van der Waals surface area (Å²) in [5.74, 6) is -0.529. The van der Waals surface area contributed by atoms with Crippen LogP contribution in [-0.4, -0.2) is 26.0 Å². The molecular formula is C15H11N3O3. The largest absolute Gasteiger partial charge is 0.476 e. The van der Waals surface area contributed by atoms with E-state index in [0.717, 1.165) is 11.1 Å². The molecule has 3 aromatic rings. The lowest BCUT2D eigenvalue weighted by molar-refractivity contribution is 0.0689. The molecule has 0 unspecified atom stereocenters. The number of carbonyl (C=O) groups is 1. The van der Waals surface area contributed by atoms with Gasteiger partial charge in [0, 0.05) is 11.1 Å². The van der Waals surface area contributed by atoms with Gasteiger partial charge in [-0.25, -0.2) is 14.8 Å². The van der Waals surface area contributed by atoms with Gasteiger partial charge in [-0.3, -0.25) is 4.98 Å². The van der Waals surface area contributed by atoms with Crippen LogP contribution in [-0.2, 0) is 0 Å². The monoisotopic (exact) mass is 281 g/mol. The Balaban J connectivity index is 2.04. The maximum absolute atomic E-state index is 10.9. The molecule has 21 heavy (non-hydrogen) atoms. The number of rotatable bonds is 3. The summed E-state index contributed by atoms with van der Waals surface area (Å²) >= 11 is 0. The number of fused-ring (bicyclic) bond motifs is 1. The second kappa shape index (κ2) is 5.16. The summed E-state index contributed by atoms with van der Waals surface area (Å²) in [6, 6.07) is 9.38. The molecule has 0 aliphatic rings. The van der Waals surface area contributed by atoms with Crippen LogP contribution in [0.15, 0.2) is 42.7 Å². The van der Waals surface area contributed by atoms with Gasteiger partial charge in [0.05, 0.1) is 12.4 Å². The van der Waals surface area contributed by atoms with Crippen LogP contribution in [0.5, 0.6) is 11.6 Å². The Kier molecular flexibility index (Phi) is 3.19. The Morgan fingerprint density at radius 1 is 1.14 bits per heavy atom. The molecule has 0 fully saturated rings. The Morgan fingerprint density at radius 2 is 2.00 bits per heavy atom. The Hall–Kier alpha value is -3.02. The van der Waals surface area contributed by atoms with E-state index < -0.39 is 5.97 Å². The highest BCUT2D eigenvalue weighted by molar-refractivity contribution is 5.85. The van der Waals surface area contributed by atoms with E-state index in [1.807, 2.05) is 31.2 Å².